The molecule has 15 nitrogen and oxygen atoms in total. The molecule has 12 rings (SSSR count). The van der Waals surface area contributed by atoms with Gasteiger partial charge in [0.05, 0.1) is 57.8 Å². The van der Waals surface area contributed by atoms with E-state index in [1.165, 1.54) is 24.3 Å². The molecule has 0 aliphatic carbocycles. The summed E-state index contributed by atoms with van der Waals surface area (Å²) in [6.07, 6.45) is 10.8. The van der Waals surface area contributed by atoms with Crippen LogP contribution in [-0.2, 0) is 30.1 Å². The molecule has 9 N–H and O–H groups in total. The Bertz CT molecular complexity index is 4960. The van der Waals surface area contributed by atoms with Gasteiger partial charge in [-0.25, -0.2) is 60.0 Å². The van der Waals surface area contributed by atoms with E-state index in [1.807, 2.05) is 97.1 Å². The second kappa shape index (κ2) is 25.2. The molecular formula is C63H47Cl3FN9O6S3. The minimum atomic E-state index is -3.86. The molecule has 0 aliphatic rings. The number of nitrogens with two attached hydrogens (primary N) is 3. The number of imidazole rings is 3. The summed E-state index contributed by atoms with van der Waals surface area (Å²) >= 11 is 17.7. The number of aromatic amines is 3. The van der Waals surface area contributed by atoms with Crippen LogP contribution < -0.4 is 15.4 Å². The van der Waals surface area contributed by atoms with Gasteiger partial charge in [0, 0.05) is 27.3 Å². The van der Waals surface area contributed by atoms with Crippen molar-refractivity contribution in [1.29, 1.82) is 0 Å². The third-order valence-corrected chi connectivity index (χ3v) is 16.9. The van der Waals surface area contributed by atoms with E-state index < -0.39 is 35.9 Å². The lowest BCUT2D eigenvalue weighted by atomic mass is 10.1. The van der Waals surface area contributed by atoms with Crippen molar-refractivity contribution in [1.82, 2.24) is 29.9 Å². The molecule has 85 heavy (non-hydrogen) atoms. The highest BCUT2D eigenvalue weighted by molar-refractivity contribution is 7.89. The molecule has 0 fully saturated rings. The Kier molecular flexibility index (Phi) is 17.5. The lowest BCUT2D eigenvalue weighted by Gasteiger charge is -2.07. The second-order valence-electron chi connectivity index (χ2n) is 18.9. The maximum atomic E-state index is 13.9. The van der Waals surface area contributed by atoms with Crippen molar-refractivity contribution >= 4 is 134 Å². The number of halogens is 4. The zero-order chi connectivity index (χ0) is 60.0. The van der Waals surface area contributed by atoms with Gasteiger partial charge < -0.3 is 15.0 Å². The van der Waals surface area contributed by atoms with Crippen LogP contribution in [0.4, 0.5) is 4.39 Å². The van der Waals surface area contributed by atoms with E-state index in [0.717, 1.165) is 50.1 Å². The highest BCUT2D eigenvalue weighted by atomic mass is 35.5. The topological polar surface area (TPSA) is 267 Å². The number of H-pyrrole nitrogens is 3. The van der Waals surface area contributed by atoms with Crippen LogP contribution in [0.15, 0.2) is 209 Å². The Hall–Kier alpha value is -8.86. The van der Waals surface area contributed by atoms with Crippen LogP contribution >= 0.6 is 34.8 Å². The van der Waals surface area contributed by atoms with E-state index in [-0.39, 0.29) is 14.7 Å². The van der Waals surface area contributed by atoms with E-state index >= 15 is 0 Å². The smallest absolute Gasteiger partial charge is 0.238 e. The molecule has 0 spiro atoms. The van der Waals surface area contributed by atoms with Gasteiger partial charge in [-0.05, 0) is 131 Å². The number of benzene rings is 9. The van der Waals surface area contributed by atoms with Gasteiger partial charge in [0.15, 0.2) is 0 Å². The van der Waals surface area contributed by atoms with Gasteiger partial charge in [0.2, 0.25) is 30.1 Å². The number of primary sulfonamides is 3. The van der Waals surface area contributed by atoms with Crippen molar-refractivity contribution in [2.24, 2.45) is 15.4 Å². The normalized spacial score (nSPS) is 12.1. The lowest BCUT2D eigenvalue weighted by Crippen LogP contribution is -2.13. The summed E-state index contributed by atoms with van der Waals surface area (Å²) in [5.41, 5.74) is 10.7. The van der Waals surface area contributed by atoms with Crippen LogP contribution in [0.1, 0.15) is 34.2 Å². The molecular weight excluding hydrogens is 1200 g/mol. The van der Waals surface area contributed by atoms with Gasteiger partial charge in [0.25, 0.3) is 0 Å². The summed E-state index contributed by atoms with van der Waals surface area (Å²) in [5, 5.41) is 17.3. The van der Waals surface area contributed by atoms with E-state index in [2.05, 4.69) is 29.9 Å². The molecule has 3 aromatic heterocycles. The minimum Gasteiger partial charge on any atom is -0.338 e. The van der Waals surface area contributed by atoms with Crippen molar-refractivity contribution in [2.75, 3.05) is 0 Å². The predicted octanol–water partition coefficient (Wildman–Crippen LogP) is 14.2. The van der Waals surface area contributed by atoms with Gasteiger partial charge in [-0.15, -0.1) is 0 Å². The third kappa shape index (κ3) is 14.6. The Morgan fingerprint density at radius 1 is 0.376 bits per heavy atom. The molecule has 0 saturated heterocycles. The molecule has 0 atom stereocenters. The van der Waals surface area contributed by atoms with Crippen molar-refractivity contribution in [3.8, 4) is 33.4 Å². The Morgan fingerprint density at radius 3 is 1.16 bits per heavy atom. The average molecular weight is 1250 g/mol. The fourth-order valence-corrected chi connectivity index (χ4v) is 11.8. The maximum absolute atomic E-state index is 13.9. The SMILES string of the molecule is NS(=O)(=O)c1ccccc1-c1ccc2nc(/C=C/c3ccc(Cl)c(Cl)c3)[nH]c2c1.NS(=O)(=O)c1ccccc1-c1ccc2nc(/C=C/c3ccc(Cl)cc3F)[nH]c2c1.NS(=O)(=O)c1ccccc1-c1ccc2nc(/C=C/c3ccccc3)[nH]c2c1. The van der Waals surface area contributed by atoms with Gasteiger partial charge in [-0.2, -0.15) is 0 Å². The zero-order valence-corrected chi connectivity index (χ0v) is 48.9. The number of hydrogen-bond acceptors (Lipinski definition) is 9. The molecule has 0 amide bonds. The molecule has 0 saturated carbocycles. The zero-order valence-electron chi connectivity index (χ0n) is 44.2. The first-order valence-electron chi connectivity index (χ1n) is 25.5. The largest absolute Gasteiger partial charge is 0.338 e. The third-order valence-electron chi connectivity index (χ3n) is 13.0. The molecule has 0 unspecified atom stereocenters. The first kappa shape index (κ1) is 59.3. The van der Waals surface area contributed by atoms with Crippen LogP contribution in [0.3, 0.4) is 0 Å². The number of fused-ring (bicyclic) bond motifs is 3. The molecule has 3 heterocycles. The first-order valence-corrected chi connectivity index (χ1v) is 31.3. The Labute approximate surface area is 503 Å². The van der Waals surface area contributed by atoms with Gasteiger partial charge >= 0.3 is 0 Å². The second-order valence-corrected chi connectivity index (χ2v) is 24.8. The first-order chi connectivity index (χ1) is 40.6. The van der Waals surface area contributed by atoms with Crippen LogP contribution in [0.2, 0.25) is 15.1 Å². The summed E-state index contributed by atoms with van der Waals surface area (Å²) in [6, 6.07) is 56.1. The summed E-state index contributed by atoms with van der Waals surface area (Å²) in [5.74, 6) is 1.49. The summed E-state index contributed by atoms with van der Waals surface area (Å²) in [7, 11) is -11.5. The molecule has 22 heteroatoms. The van der Waals surface area contributed by atoms with Crippen molar-refractivity contribution in [3.63, 3.8) is 0 Å². The van der Waals surface area contributed by atoms with E-state index in [1.54, 1.807) is 109 Å². The monoisotopic (exact) mass is 1250 g/mol. The molecule has 12 aromatic rings. The van der Waals surface area contributed by atoms with Crippen LogP contribution in [-0.4, -0.2) is 55.2 Å². The highest BCUT2D eigenvalue weighted by Gasteiger charge is 2.18. The van der Waals surface area contributed by atoms with Crippen molar-refractivity contribution < 1.29 is 29.6 Å². The van der Waals surface area contributed by atoms with Gasteiger partial charge in [-0.3, -0.25) is 0 Å². The maximum Gasteiger partial charge on any atom is 0.238 e. The molecule has 0 aliphatic heterocycles. The number of aromatic nitrogens is 6. The number of nitrogens with zero attached hydrogens (tertiary/aromatic N) is 3. The van der Waals surface area contributed by atoms with E-state index in [9.17, 15) is 29.6 Å². The fraction of sp³-hybridized carbons (Fsp3) is 0. The van der Waals surface area contributed by atoms with E-state index in [4.69, 9.17) is 50.2 Å². The number of sulfonamides is 3. The quantitative estimate of drug-likeness (QED) is 0.0678. The number of rotatable bonds is 12. The van der Waals surface area contributed by atoms with Crippen LogP contribution in [0.5, 0.6) is 0 Å². The van der Waals surface area contributed by atoms with Crippen LogP contribution in [0.25, 0.3) is 103 Å². The number of hydrogen-bond donors (Lipinski definition) is 6. The molecule has 9 aromatic carbocycles. The molecule has 426 valence electrons. The standard InChI is InChI=1S/C21H15Cl2N3O2S.C21H15ClFN3O2S.C21H17N3O2S/c22-16-8-5-13(11-17(16)23)6-10-21-25-18-9-7-14(12-19(18)26-21)15-3-1-2-4-20(15)29(24,27)28;22-15-8-5-13(17(23)12-15)7-10-21-25-18-9-6-14(11-19(18)26-21)16-3-1-2-4-20(16)29(24,27)28;22-27(25,26)20-9-5-4-8-17(20)16-11-12-18-19(14-16)24-21(23-18)13-10-15-6-2-1-3-7-15/h2*1-12H,(H,25,26)(H2,24,27,28);1-14H,(H,23,24)(H2,22,25,26)/b10-6+;10-7+;13-10+. The minimum absolute atomic E-state index is 0.0530. The van der Waals surface area contributed by atoms with Crippen molar-refractivity contribution in [3.05, 3.63) is 249 Å². The molecule has 0 radical (unpaired) electrons. The molecule has 0 bridgehead atoms. The lowest BCUT2D eigenvalue weighted by molar-refractivity contribution is 0.596. The summed E-state index contributed by atoms with van der Waals surface area (Å²) in [6.45, 7) is 0. The average Bonchev–Trinajstić information content (AvgIpc) is 4.32. The number of nitrogens with one attached hydrogen (secondary N) is 3. The van der Waals surface area contributed by atoms with Gasteiger partial charge in [0.1, 0.15) is 23.3 Å². The van der Waals surface area contributed by atoms with E-state index in [0.29, 0.717) is 65.6 Å². The predicted molar refractivity (Wildman–Crippen MR) is 340 cm³/mol. The fourth-order valence-electron chi connectivity index (χ4n) is 9.02. The van der Waals surface area contributed by atoms with Gasteiger partial charge in [-0.1, -0.05) is 162 Å². The van der Waals surface area contributed by atoms with Crippen molar-refractivity contribution in [2.45, 2.75) is 14.7 Å². The summed E-state index contributed by atoms with van der Waals surface area (Å²) < 4.78 is 85.2. The Morgan fingerprint density at radius 2 is 0.765 bits per heavy atom. The summed E-state index contributed by atoms with van der Waals surface area (Å²) in [4.78, 5) is 23.4. The van der Waals surface area contributed by atoms with Crippen LogP contribution in [0, 0.1) is 5.82 Å². The Balaban J connectivity index is 0.000000142. The highest BCUT2D eigenvalue weighted by Crippen LogP contribution is 2.33.